The van der Waals surface area contributed by atoms with E-state index in [-0.39, 0.29) is 0 Å². The number of rotatable bonds is 4. The number of anilines is 1. The van der Waals surface area contributed by atoms with Gasteiger partial charge in [-0.2, -0.15) is 0 Å². The third-order valence-corrected chi connectivity index (χ3v) is 5.33. The summed E-state index contributed by atoms with van der Waals surface area (Å²) in [6.45, 7) is 2.30. The predicted octanol–water partition coefficient (Wildman–Crippen LogP) is 1.61. The number of halogens is 1. The lowest BCUT2D eigenvalue weighted by Crippen LogP contribution is -2.52. The summed E-state index contributed by atoms with van der Waals surface area (Å²) >= 11 is 5.89. The molecule has 1 aromatic rings. The molecule has 2 saturated heterocycles. The molecule has 0 aliphatic carbocycles. The maximum atomic E-state index is 13.2. The molecule has 0 spiro atoms. The molecule has 28 heavy (non-hydrogen) atoms. The van der Waals surface area contributed by atoms with Gasteiger partial charge in [0.2, 0.25) is 11.8 Å². The monoisotopic (exact) mass is 405 g/mol. The summed E-state index contributed by atoms with van der Waals surface area (Å²) in [7, 11) is 0. The minimum atomic E-state index is -1.55. The lowest BCUT2D eigenvalue weighted by atomic mass is 9.76. The second-order valence-corrected chi connectivity index (χ2v) is 7.27. The van der Waals surface area contributed by atoms with Gasteiger partial charge in [-0.3, -0.25) is 19.2 Å². The Morgan fingerprint density at radius 2 is 1.71 bits per heavy atom. The van der Waals surface area contributed by atoms with Gasteiger partial charge in [-0.25, -0.2) is 4.90 Å². The Hall–Kier alpha value is -2.71. The van der Waals surface area contributed by atoms with E-state index in [1.165, 1.54) is 6.08 Å². The molecule has 2 fully saturated rings. The third-order valence-electron chi connectivity index (χ3n) is 5.08. The van der Waals surface area contributed by atoms with Crippen LogP contribution < -0.4 is 4.90 Å². The van der Waals surface area contributed by atoms with Crippen LogP contribution in [0.2, 0.25) is 5.02 Å². The Balaban J connectivity index is 1.74. The van der Waals surface area contributed by atoms with Gasteiger partial charge in [-0.1, -0.05) is 17.7 Å². The van der Waals surface area contributed by atoms with Crippen molar-refractivity contribution in [3.63, 3.8) is 0 Å². The molecule has 0 N–H and O–H groups in total. The van der Waals surface area contributed by atoms with Crippen LogP contribution in [0, 0.1) is 11.8 Å². The number of hydrogen-bond donors (Lipinski definition) is 0. The second-order valence-electron chi connectivity index (χ2n) is 6.84. The summed E-state index contributed by atoms with van der Waals surface area (Å²) in [6, 6.07) is 6.28. The molecular weight excluding hydrogens is 390 g/mol. The van der Waals surface area contributed by atoms with Gasteiger partial charge in [0.1, 0.15) is 0 Å². The molecule has 8 nitrogen and oxygen atoms in total. The number of amides is 2. The molecule has 146 valence electrons. The smallest absolute Gasteiger partial charge is 0.305 e. The van der Waals surface area contributed by atoms with Gasteiger partial charge in [0, 0.05) is 18.9 Å². The number of carbonyl (C=O) groups is 4. The quantitative estimate of drug-likeness (QED) is 0.324. The molecule has 0 unspecified atom stereocenters. The van der Waals surface area contributed by atoms with Gasteiger partial charge in [0.25, 0.3) is 6.29 Å². The second kappa shape index (κ2) is 6.42. The Labute approximate surface area is 165 Å². The minimum Gasteiger partial charge on any atom is -0.422 e. The number of ether oxygens (including phenoxy) is 3. The summed E-state index contributed by atoms with van der Waals surface area (Å²) < 4.78 is 16.2. The molecule has 3 heterocycles. The third kappa shape index (κ3) is 2.63. The lowest BCUT2D eigenvalue weighted by Gasteiger charge is -2.34. The van der Waals surface area contributed by atoms with E-state index in [2.05, 4.69) is 0 Å². The maximum Gasteiger partial charge on any atom is 0.305 e. The topological polar surface area (TPSA) is 99.2 Å². The zero-order valence-corrected chi connectivity index (χ0v) is 15.7. The summed E-state index contributed by atoms with van der Waals surface area (Å²) in [5.41, 5.74) is -1.18. The van der Waals surface area contributed by atoms with Gasteiger partial charge < -0.3 is 14.2 Å². The zero-order chi connectivity index (χ0) is 20.2. The normalized spacial score (nSPS) is 30.1. The molecule has 0 saturated carbocycles. The van der Waals surface area contributed by atoms with Crippen LogP contribution in [0.3, 0.4) is 0 Å². The average Bonchev–Trinajstić information content (AvgIpc) is 3.26. The molecule has 0 radical (unpaired) electrons. The Kier molecular flexibility index (Phi) is 4.28. The molecule has 2 amide bonds. The summed E-state index contributed by atoms with van der Waals surface area (Å²) in [5.74, 6) is -4.17. The highest BCUT2D eigenvalue weighted by Crippen LogP contribution is 2.54. The predicted molar refractivity (Wildman–Crippen MR) is 95.0 cm³/mol. The van der Waals surface area contributed by atoms with E-state index in [4.69, 9.17) is 25.8 Å². The van der Waals surface area contributed by atoms with E-state index < -0.39 is 53.6 Å². The largest absolute Gasteiger partial charge is 0.422 e. The van der Waals surface area contributed by atoms with Crippen LogP contribution in [0.15, 0.2) is 36.4 Å². The number of nitrogens with zero attached hydrogens (tertiary/aromatic N) is 1. The fourth-order valence-corrected chi connectivity index (χ4v) is 4.19. The van der Waals surface area contributed by atoms with Crippen molar-refractivity contribution in [2.75, 3.05) is 4.90 Å². The molecule has 2 bridgehead atoms. The van der Waals surface area contributed by atoms with Gasteiger partial charge in [-0.15, -0.1) is 0 Å². The lowest BCUT2D eigenvalue weighted by molar-refractivity contribution is -0.226. The van der Waals surface area contributed by atoms with E-state index in [9.17, 15) is 19.2 Å². The number of fused-ring (bicyclic) bond motifs is 5. The Bertz CT molecular complexity index is 895. The molecule has 4 atom stereocenters. The number of imide groups is 1. The van der Waals surface area contributed by atoms with Crippen molar-refractivity contribution in [3.05, 3.63) is 41.4 Å². The van der Waals surface area contributed by atoms with Crippen LogP contribution in [0.25, 0.3) is 0 Å². The molecule has 3 aliphatic heterocycles. The molecule has 9 heteroatoms. The Morgan fingerprint density at radius 1 is 1.11 bits per heavy atom. The van der Waals surface area contributed by atoms with Crippen molar-refractivity contribution in [1.82, 2.24) is 0 Å². The first-order chi connectivity index (χ1) is 13.2. The Morgan fingerprint density at radius 3 is 2.29 bits per heavy atom. The van der Waals surface area contributed by atoms with Crippen LogP contribution in [-0.4, -0.2) is 41.7 Å². The highest BCUT2D eigenvalue weighted by Gasteiger charge is 2.72. The van der Waals surface area contributed by atoms with Crippen LogP contribution in [0.1, 0.15) is 13.8 Å². The minimum absolute atomic E-state index is 0.375. The van der Waals surface area contributed by atoms with Crippen molar-refractivity contribution in [3.8, 4) is 0 Å². The van der Waals surface area contributed by atoms with Gasteiger partial charge >= 0.3 is 11.9 Å². The van der Waals surface area contributed by atoms with Gasteiger partial charge in [0.15, 0.2) is 5.60 Å². The first-order valence-corrected chi connectivity index (χ1v) is 8.97. The summed E-state index contributed by atoms with van der Waals surface area (Å²) in [5, 5.41) is 0.467. The molecule has 4 rings (SSSR count). The van der Waals surface area contributed by atoms with Crippen molar-refractivity contribution < 1.29 is 33.4 Å². The van der Waals surface area contributed by atoms with Crippen molar-refractivity contribution in [2.45, 2.75) is 31.8 Å². The highest BCUT2D eigenvalue weighted by molar-refractivity contribution is 6.31. The summed E-state index contributed by atoms with van der Waals surface area (Å²) in [6.07, 6.45) is 0.983. The van der Waals surface area contributed by atoms with Crippen LogP contribution in [0.4, 0.5) is 5.69 Å². The van der Waals surface area contributed by atoms with Crippen molar-refractivity contribution in [2.24, 2.45) is 11.8 Å². The fraction of sp³-hybridized carbons (Fsp3) is 0.368. The average molecular weight is 406 g/mol. The van der Waals surface area contributed by atoms with E-state index in [0.29, 0.717) is 10.7 Å². The molecule has 0 aromatic heterocycles. The standard InChI is InChI=1S/C19H16ClNO7/c1-9(22)26-18(27-10(2)23)19-8-7-13(28-19)14-15(19)17(25)21(16(14)24)12-5-3-11(20)4-6-12/h3-8,13-15,18H,1-2H3/t13-,14-,15+,19-/m1/s1. The van der Waals surface area contributed by atoms with E-state index in [0.717, 1.165) is 18.7 Å². The molecule has 3 aliphatic rings. The fourth-order valence-electron chi connectivity index (χ4n) is 4.06. The number of hydrogen-bond acceptors (Lipinski definition) is 7. The van der Waals surface area contributed by atoms with E-state index in [1.54, 1.807) is 30.3 Å². The molecule has 1 aromatic carbocycles. The number of carbonyl (C=O) groups excluding carboxylic acids is 4. The van der Waals surface area contributed by atoms with Crippen LogP contribution in [0.5, 0.6) is 0 Å². The summed E-state index contributed by atoms with van der Waals surface area (Å²) in [4.78, 5) is 50.4. The maximum absolute atomic E-state index is 13.2. The van der Waals surface area contributed by atoms with Crippen molar-refractivity contribution in [1.29, 1.82) is 0 Å². The molecular formula is C19H16ClNO7. The zero-order valence-electron chi connectivity index (χ0n) is 15.0. The van der Waals surface area contributed by atoms with Gasteiger partial charge in [0.05, 0.1) is 23.6 Å². The van der Waals surface area contributed by atoms with E-state index in [1.807, 2.05) is 0 Å². The highest BCUT2D eigenvalue weighted by atomic mass is 35.5. The first-order valence-electron chi connectivity index (χ1n) is 8.59. The SMILES string of the molecule is CC(=O)OC(OC(C)=O)[C@]12C=C[C@@H](O1)[C@H]1C(=O)N(c3ccc(Cl)cc3)C(=O)[C@H]12. The van der Waals surface area contributed by atoms with Crippen LogP contribution >= 0.6 is 11.6 Å². The van der Waals surface area contributed by atoms with Crippen molar-refractivity contribution >= 4 is 41.0 Å². The van der Waals surface area contributed by atoms with Crippen LogP contribution in [-0.2, 0) is 33.4 Å². The van der Waals surface area contributed by atoms with Gasteiger partial charge in [-0.05, 0) is 30.3 Å². The number of benzene rings is 1. The van der Waals surface area contributed by atoms with E-state index >= 15 is 0 Å². The number of esters is 2. The first kappa shape index (κ1) is 18.6.